The van der Waals surface area contributed by atoms with Gasteiger partial charge in [-0.15, -0.1) is 0 Å². The minimum absolute atomic E-state index is 0.245. The Morgan fingerprint density at radius 3 is 2.86 bits per heavy atom. The molecule has 0 radical (unpaired) electrons. The van der Waals surface area contributed by atoms with E-state index in [9.17, 15) is 9.59 Å². The molecule has 0 heterocycles. The smallest absolute Gasteiger partial charge is 0.284 e. The first-order valence-corrected chi connectivity index (χ1v) is 4.13. The molecule has 0 spiro atoms. The van der Waals surface area contributed by atoms with Gasteiger partial charge in [0.15, 0.2) is 0 Å². The zero-order valence-corrected chi connectivity index (χ0v) is 7.82. The third-order valence-electron chi connectivity index (χ3n) is 1.75. The van der Waals surface area contributed by atoms with Crippen LogP contribution in [0.1, 0.15) is 5.56 Å². The van der Waals surface area contributed by atoms with Crippen LogP contribution in [0.15, 0.2) is 24.3 Å². The lowest BCUT2D eigenvalue weighted by Crippen LogP contribution is -2.23. The fraction of sp³-hybridized carbons (Fsp3) is 0.200. The normalized spacial score (nSPS) is 9.21. The maximum atomic E-state index is 10.7. The van der Waals surface area contributed by atoms with Gasteiger partial charge in [-0.1, -0.05) is 18.2 Å². The molecule has 0 aromatic heterocycles. The first-order valence-electron chi connectivity index (χ1n) is 4.13. The van der Waals surface area contributed by atoms with Crippen molar-refractivity contribution in [2.45, 2.75) is 6.54 Å². The number of carbonyl (C=O) groups excluding carboxylic acids is 2. The number of methoxy groups -OCH3 is 1. The fourth-order valence-corrected chi connectivity index (χ4v) is 1.07. The van der Waals surface area contributed by atoms with Crippen LogP contribution in [0.3, 0.4) is 0 Å². The molecule has 1 aromatic carbocycles. The van der Waals surface area contributed by atoms with Crippen molar-refractivity contribution in [3.05, 3.63) is 29.8 Å². The molecule has 0 bridgehead atoms. The molecule has 1 rings (SSSR count). The topological polar surface area (TPSA) is 55.4 Å². The van der Waals surface area contributed by atoms with Crippen molar-refractivity contribution in [3.63, 3.8) is 0 Å². The van der Waals surface area contributed by atoms with Crippen molar-refractivity contribution in [1.82, 2.24) is 5.32 Å². The van der Waals surface area contributed by atoms with E-state index in [0.29, 0.717) is 12.3 Å². The molecular weight excluding hydrogens is 182 g/mol. The molecule has 0 saturated heterocycles. The lowest BCUT2D eigenvalue weighted by Gasteiger charge is -2.07. The van der Waals surface area contributed by atoms with Gasteiger partial charge in [0, 0.05) is 12.1 Å². The highest BCUT2D eigenvalue weighted by Crippen LogP contribution is 2.16. The van der Waals surface area contributed by atoms with Gasteiger partial charge in [-0.2, -0.15) is 0 Å². The molecule has 4 nitrogen and oxygen atoms in total. The predicted molar refractivity (Wildman–Crippen MR) is 50.9 cm³/mol. The van der Waals surface area contributed by atoms with Crippen molar-refractivity contribution < 1.29 is 14.3 Å². The van der Waals surface area contributed by atoms with E-state index in [2.05, 4.69) is 5.32 Å². The molecule has 1 aromatic rings. The summed E-state index contributed by atoms with van der Waals surface area (Å²) in [6.45, 7) is 0.293. The van der Waals surface area contributed by atoms with Crippen molar-refractivity contribution in [2.75, 3.05) is 7.11 Å². The maximum Gasteiger partial charge on any atom is 0.284 e. The first kappa shape index (κ1) is 10.2. The molecule has 0 saturated carbocycles. The predicted octanol–water partition coefficient (Wildman–Crippen LogP) is 0.510. The second-order valence-electron chi connectivity index (χ2n) is 2.65. The van der Waals surface area contributed by atoms with Crippen LogP contribution in [0, 0.1) is 0 Å². The maximum absolute atomic E-state index is 10.7. The third-order valence-corrected chi connectivity index (χ3v) is 1.75. The van der Waals surface area contributed by atoms with E-state index in [1.807, 2.05) is 18.2 Å². The minimum atomic E-state index is -0.629. The summed E-state index contributed by atoms with van der Waals surface area (Å²) in [5.41, 5.74) is 0.838. The summed E-state index contributed by atoms with van der Waals surface area (Å²) in [6, 6.07) is 7.29. The Morgan fingerprint density at radius 2 is 2.21 bits per heavy atom. The van der Waals surface area contributed by atoms with Gasteiger partial charge in [0.25, 0.3) is 5.91 Å². The van der Waals surface area contributed by atoms with Crippen molar-refractivity contribution >= 4 is 12.2 Å². The zero-order chi connectivity index (χ0) is 10.4. The van der Waals surface area contributed by atoms with Crippen molar-refractivity contribution in [2.24, 2.45) is 0 Å². The van der Waals surface area contributed by atoms with Gasteiger partial charge in [-0.3, -0.25) is 9.59 Å². The summed E-state index contributed by atoms with van der Waals surface area (Å²) in [6.07, 6.45) is 0.245. The van der Waals surface area contributed by atoms with Crippen LogP contribution < -0.4 is 10.1 Å². The number of aldehydes is 1. The van der Waals surface area contributed by atoms with Crippen LogP contribution >= 0.6 is 0 Å². The summed E-state index contributed by atoms with van der Waals surface area (Å²) in [5, 5.41) is 2.44. The molecule has 0 fully saturated rings. The first-order chi connectivity index (χ1) is 6.77. The quantitative estimate of drug-likeness (QED) is 0.560. The van der Waals surface area contributed by atoms with Crippen LogP contribution in [0.5, 0.6) is 5.75 Å². The lowest BCUT2D eigenvalue weighted by molar-refractivity contribution is -0.131. The summed E-state index contributed by atoms with van der Waals surface area (Å²) >= 11 is 0. The molecule has 4 heteroatoms. The molecule has 0 atom stereocenters. The monoisotopic (exact) mass is 193 g/mol. The molecular formula is C10H11NO3. The number of para-hydroxylation sites is 1. The fourth-order valence-electron chi connectivity index (χ4n) is 1.07. The Bertz CT molecular complexity index is 336. The zero-order valence-electron chi connectivity index (χ0n) is 7.82. The molecule has 14 heavy (non-hydrogen) atoms. The Hall–Kier alpha value is -1.84. The average Bonchev–Trinajstić information content (AvgIpc) is 2.26. The highest BCUT2D eigenvalue weighted by atomic mass is 16.5. The molecule has 1 amide bonds. The molecule has 1 N–H and O–H groups in total. The largest absolute Gasteiger partial charge is 0.496 e. The number of hydrogen-bond acceptors (Lipinski definition) is 3. The van der Waals surface area contributed by atoms with Gasteiger partial charge >= 0.3 is 0 Å². The second kappa shape index (κ2) is 5.01. The van der Waals surface area contributed by atoms with Gasteiger partial charge < -0.3 is 10.1 Å². The van der Waals surface area contributed by atoms with Crippen LogP contribution in [-0.2, 0) is 16.1 Å². The lowest BCUT2D eigenvalue weighted by atomic mass is 10.2. The van der Waals surface area contributed by atoms with Gasteiger partial charge in [-0.25, -0.2) is 0 Å². The summed E-state index contributed by atoms with van der Waals surface area (Å²) < 4.78 is 5.07. The summed E-state index contributed by atoms with van der Waals surface area (Å²) in [7, 11) is 1.56. The van der Waals surface area contributed by atoms with Gasteiger partial charge in [-0.05, 0) is 6.07 Å². The van der Waals surface area contributed by atoms with Crippen LogP contribution in [0.4, 0.5) is 0 Å². The highest BCUT2D eigenvalue weighted by molar-refractivity contribution is 6.23. The number of amides is 1. The standard InChI is InChI=1S/C10H11NO3/c1-14-9-5-3-2-4-8(9)6-11-10(13)7-12/h2-5,7H,6H2,1H3,(H,11,13). The van der Waals surface area contributed by atoms with Crippen LogP contribution in [0.25, 0.3) is 0 Å². The number of rotatable bonds is 4. The van der Waals surface area contributed by atoms with Crippen LogP contribution in [-0.4, -0.2) is 19.3 Å². The molecule has 0 aliphatic rings. The Kier molecular flexibility index (Phi) is 3.67. The van der Waals surface area contributed by atoms with Gasteiger partial charge in [0.05, 0.1) is 7.11 Å². The average molecular weight is 193 g/mol. The van der Waals surface area contributed by atoms with E-state index >= 15 is 0 Å². The number of ether oxygens (including phenoxy) is 1. The van der Waals surface area contributed by atoms with E-state index in [1.165, 1.54) is 0 Å². The Morgan fingerprint density at radius 1 is 1.50 bits per heavy atom. The second-order valence-corrected chi connectivity index (χ2v) is 2.65. The van der Waals surface area contributed by atoms with E-state index in [1.54, 1.807) is 13.2 Å². The van der Waals surface area contributed by atoms with E-state index in [-0.39, 0.29) is 6.29 Å². The number of carbonyl (C=O) groups is 2. The molecule has 0 unspecified atom stereocenters. The molecule has 0 aliphatic heterocycles. The Labute approximate surface area is 81.9 Å². The minimum Gasteiger partial charge on any atom is -0.496 e. The van der Waals surface area contributed by atoms with Gasteiger partial charge in [0.1, 0.15) is 5.75 Å². The van der Waals surface area contributed by atoms with E-state index < -0.39 is 5.91 Å². The van der Waals surface area contributed by atoms with Gasteiger partial charge in [0.2, 0.25) is 6.29 Å². The Balaban J connectivity index is 2.66. The van der Waals surface area contributed by atoms with E-state index in [4.69, 9.17) is 4.74 Å². The summed E-state index contributed by atoms with van der Waals surface area (Å²) in [5.74, 6) is 0.0644. The van der Waals surface area contributed by atoms with Crippen molar-refractivity contribution in [1.29, 1.82) is 0 Å². The number of hydrogen-bond donors (Lipinski definition) is 1. The van der Waals surface area contributed by atoms with E-state index in [0.717, 1.165) is 5.56 Å². The third kappa shape index (κ3) is 2.58. The number of benzene rings is 1. The highest BCUT2D eigenvalue weighted by Gasteiger charge is 2.02. The van der Waals surface area contributed by atoms with Crippen molar-refractivity contribution in [3.8, 4) is 5.75 Å². The van der Waals surface area contributed by atoms with Crippen LogP contribution in [0.2, 0.25) is 0 Å². The number of nitrogens with one attached hydrogen (secondary N) is 1. The summed E-state index contributed by atoms with van der Waals surface area (Å²) in [4.78, 5) is 20.7. The molecule has 0 aliphatic carbocycles. The molecule has 74 valence electrons. The SMILES string of the molecule is COc1ccccc1CNC(=O)C=O.